The third-order valence-electron chi connectivity index (χ3n) is 10.0. The Balaban J connectivity index is 1.25. The SMILES string of the molecule is CCC(=O)O[C@H]1CC[C@H]2[C@@H]3CC=C4c5sc(NN6CCOCC6)nc5CC[C@]4(C)[C@H]3CC[C@]12C. The highest BCUT2D eigenvalue weighted by Crippen LogP contribution is 2.66. The number of hydrogen-bond acceptors (Lipinski definition) is 7. The van der Waals surface area contributed by atoms with Gasteiger partial charge in [-0.15, -0.1) is 0 Å². The number of nitrogens with one attached hydrogen (secondary N) is 1. The minimum absolute atomic E-state index is 0.0294. The van der Waals surface area contributed by atoms with E-state index in [4.69, 9.17) is 14.5 Å². The molecule has 2 heterocycles. The van der Waals surface area contributed by atoms with E-state index in [2.05, 4.69) is 30.4 Å². The van der Waals surface area contributed by atoms with E-state index in [9.17, 15) is 4.79 Å². The van der Waals surface area contributed by atoms with E-state index >= 15 is 0 Å². The summed E-state index contributed by atoms with van der Waals surface area (Å²) in [5.41, 5.74) is 6.79. The van der Waals surface area contributed by atoms with Gasteiger partial charge >= 0.3 is 5.97 Å². The van der Waals surface area contributed by atoms with E-state index in [1.54, 1.807) is 5.57 Å². The number of allylic oxidation sites excluding steroid dienone is 2. The number of aryl methyl sites for hydroxylation is 1. The van der Waals surface area contributed by atoms with Gasteiger partial charge in [0.05, 0.1) is 23.8 Å². The maximum absolute atomic E-state index is 12.1. The zero-order valence-corrected chi connectivity index (χ0v) is 21.7. The third-order valence-corrected chi connectivity index (χ3v) is 11.1. The van der Waals surface area contributed by atoms with Crippen molar-refractivity contribution in [1.29, 1.82) is 0 Å². The molecule has 186 valence electrons. The van der Waals surface area contributed by atoms with Crippen molar-refractivity contribution >= 4 is 28.0 Å². The Morgan fingerprint density at radius 3 is 2.85 bits per heavy atom. The molecule has 1 aromatic rings. The number of esters is 1. The van der Waals surface area contributed by atoms with Gasteiger partial charge < -0.3 is 9.47 Å². The quantitative estimate of drug-likeness (QED) is 0.584. The summed E-state index contributed by atoms with van der Waals surface area (Å²) in [4.78, 5) is 18.5. The summed E-state index contributed by atoms with van der Waals surface area (Å²) < 4.78 is 11.5. The molecule has 0 spiro atoms. The molecule has 0 aromatic carbocycles. The second kappa shape index (κ2) is 8.59. The Kier molecular flexibility index (Phi) is 5.81. The third kappa shape index (κ3) is 3.56. The van der Waals surface area contributed by atoms with Gasteiger partial charge in [-0.1, -0.05) is 38.2 Å². The first-order valence-corrected chi connectivity index (χ1v) is 14.2. The van der Waals surface area contributed by atoms with Crippen LogP contribution in [0.2, 0.25) is 0 Å². The maximum Gasteiger partial charge on any atom is 0.305 e. The highest BCUT2D eigenvalue weighted by Gasteiger charge is 2.60. The summed E-state index contributed by atoms with van der Waals surface area (Å²) in [6.45, 7) is 10.2. The van der Waals surface area contributed by atoms with Crippen LogP contribution in [0.5, 0.6) is 0 Å². The van der Waals surface area contributed by atoms with Crippen molar-refractivity contribution in [3.8, 4) is 0 Å². The van der Waals surface area contributed by atoms with Crippen LogP contribution in [0.1, 0.15) is 76.3 Å². The first-order chi connectivity index (χ1) is 16.4. The van der Waals surface area contributed by atoms with E-state index in [0.717, 1.165) is 56.6 Å². The monoisotopic (exact) mass is 485 g/mol. The summed E-state index contributed by atoms with van der Waals surface area (Å²) >= 11 is 1.85. The Bertz CT molecular complexity index is 986. The maximum atomic E-state index is 12.1. The van der Waals surface area contributed by atoms with Crippen LogP contribution in [0.3, 0.4) is 0 Å². The largest absolute Gasteiger partial charge is 0.462 e. The molecular weight excluding hydrogens is 446 g/mol. The molecule has 0 bridgehead atoms. The number of fused-ring (bicyclic) bond motifs is 7. The van der Waals surface area contributed by atoms with Crippen molar-refractivity contribution in [3.63, 3.8) is 0 Å². The number of ether oxygens (including phenoxy) is 2. The van der Waals surface area contributed by atoms with Crippen molar-refractivity contribution < 1.29 is 14.3 Å². The number of aromatic nitrogens is 1. The first kappa shape index (κ1) is 23.0. The Hall–Kier alpha value is -1.44. The number of thiazole rings is 1. The normalized spacial score (nSPS) is 39.3. The Morgan fingerprint density at radius 1 is 1.24 bits per heavy atom. The van der Waals surface area contributed by atoms with Crippen LogP contribution in [-0.4, -0.2) is 48.4 Å². The van der Waals surface area contributed by atoms with Crippen LogP contribution in [0.25, 0.3) is 5.57 Å². The van der Waals surface area contributed by atoms with Crippen LogP contribution in [0.4, 0.5) is 5.13 Å². The van der Waals surface area contributed by atoms with E-state index in [-0.39, 0.29) is 22.9 Å². The fourth-order valence-electron chi connectivity index (χ4n) is 8.12. The molecule has 1 saturated heterocycles. The minimum Gasteiger partial charge on any atom is -0.462 e. The molecule has 6 atom stereocenters. The fourth-order valence-corrected chi connectivity index (χ4v) is 9.34. The molecule has 6 nitrogen and oxygen atoms in total. The van der Waals surface area contributed by atoms with Gasteiger partial charge in [0, 0.05) is 24.9 Å². The fraction of sp³-hybridized carbons (Fsp3) is 0.778. The van der Waals surface area contributed by atoms with E-state index in [1.807, 2.05) is 18.3 Å². The molecule has 34 heavy (non-hydrogen) atoms. The zero-order chi connectivity index (χ0) is 23.5. The number of hydrazine groups is 1. The molecule has 4 aliphatic carbocycles. The second-order valence-corrected chi connectivity index (χ2v) is 12.6. The van der Waals surface area contributed by atoms with Gasteiger partial charge in [-0.3, -0.25) is 10.2 Å². The number of carbonyl (C=O) groups is 1. The van der Waals surface area contributed by atoms with Gasteiger partial charge in [0.25, 0.3) is 0 Å². The highest BCUT2D eigenvalue weighted by atomic mass is 32.1. The lowest BCUT2D eigenvalue weighted by molar-refractivity contribution is -0.158. The van der Waals surface area contributed by atoms with Gasteiger partial charge in [-0.2, -0.15) is 0 Å². The molecule has 0 unspecified atom stereocenters. The summed E-state index contributed by atoms with van der Waals surface area (Å²) in [5, 5.41) is 3.27. The van der Waals surface area contributed by atoms with Gasteiger partial charge in [0.2, 0.25) is 0 Å². The molecule has 1 aromatic heterocycles. The molecule has 3 fully saturated rings. The number of anilines is 1. The molecule has 2 saturated carbocycles. The topological polar surface area (TPSA) is 63.7 Å². The van der Waals surface area contributed by atoms with Crippen molar-refractivity contribution in [2.75, 3.05) is 31.7 Å². The van der Waals surface area contributed by atoms with Crippen LogP contribution in [0, 0.1) is 28.6 Å². The van der Waals surface area contributed by atoms with Crippen molar-refractivity contribution in [2.45, 2.75) is 78.2 Å². The van der Waals surface area contributed by atoms with Crippen molar-refractivity contribution in [2.24, 2.45) is 28.6 Å². The minimum atomic E-state index is -0.0294. The summed E-state index contributed by atoms with van der Waals surface area (Å²) in [7, 11) is 0. The number of carbonyl (C=O) groups excluding carboxylic acids is 1. The molecule has 7 heteroatoms. The molecule has 6 rings (SSSR count). The number of morpholine rings is 1. The lowest BCUT2D eigenvalue weighted by atomic mass is 9.48. The average Bonchev–Trinajstić information content (AvgIpc) is 3.39. The van der Waals surface area contributed by atoms with Crippen LogP contribution < -0.4 is 5.43 Å². The standard InChI is InChI=1S/C27H39N3O3S/c1-4-23(31)33-22-8-7-18-17-5-6-20-24-21(28-25(34-24)29-30-13-15-32-16-14-30)10-12-26(20,2)19(17)9-11-27(18,22)3/h6,17-19,22H,4-5,7-16H2,1-3H3,(H,28,29)/t17-,18-,19-,22-,26+,27-/m0/s1. The van der Waals surface area contributed by atoms with Gasteiger partial charge in [0.15, 0.2) is 5.13 Å². The molecule has 1 aliphatic heterocycles. The zero-order valence-electron chi connectivity index (χ0n) is 20.9. The number of nitrogens with zero attached hydrogens (tertiary/aromatic N) is 2. The van der Waals surface area contributed by atoms with Crippen LogP contribution >= 0.6 is 11.3 Å². The van der Waals surface area contributed by atoms with Crippen LogP contribution in [-0.2, 0) is 20.7 Å². The lowest BCUT2D eigenvalue weighted by Gasteiger charge is -2.56. The van der Waals surface area contributed by atoms with Gasteiger partial charge in [0.1, 0.15) is 6.10 Å². The van der Waals surface area contributed by atoms with Crippen molar-refractivity contribution in [1.82, 2.24) is 9.99 Å². The smallest absolute Gasteiger partial charge is 0.305 e. The van der Waals surface area contributed by atoms with Crippen LogP contribution in [0.15, 0.2) is 6.08 Å². The van der Waals surface area contributed by atoms with Gasteiger partial charge in [-0.25, -0.2) is 9.99 Å². The second-order valence-electron chi connectivity index (χ2n) is 11.6. The molecule has 1 N–H and O–H groups in total. The average molecular weight is 486 g/mol. The van der Waals surface area contributed by atoms with E-state index in [0.29, 0.717) is 18.3 Å². The Labute approximate surface area is 207 Å². The van der Waals surface area contributed by atoms with E-state index in [1.165, 1.54) is 36.3 Å². The summed E-state index contributed by atoms with van der Waals surface area (Å²) in [6, 6.07) is 0. The van der Waals surface area contributed by atoms with E-state index < -0.39 is 0 Å². The predicted octanol–water partition coefficient (Wildman–Crippen LogP) is 5.31. The van der Waals surface area contributed by atoms with Crippen molar-refractivity contribution in [3.05, 3.63) is 16.6 Å². The number of rotatable bonds is 4. The molecular formula is C27H39N3O3S. The molecule has 0 radical (unpaired) electrons. The first-order valence-electron chi connectivity index (χ1n) is 13.4. The number of hydrogen-bond donors (Lipinski definition) is 1. The predicted molar refractivity (Wildman–Crippen MR) is 134 cm³/mol. The summed E-state index contributed by atoms with van der Waals surface area (Å²) in [6.07, 6.45) is 11.3. The van der Waals surface area contributed by atoms with Gasteiger partial charge in [-0.05, 0) is 73.7 Å². The molecule has 5 aliphatic rings. The summed E-state index contributed by atoms with van der Waals surface area (Å²) in [5.74, 6) is 2.06. The lowest BCUT2D eigenvalue weighted by Crippen LogP contribution is -2.50. The molecule has 0 amide bonds. The highest BCUT2D eigenvalue weighted by molar-refractivity contribution is 7.16. The Morgan fingerprint density at radius 2 is 2.06 bits per heavy atom.